The van der Waals surface area contributed by atoms with Gasteiger partial charge in [-0.3, -0.25) is 14.9 Å². The summed E-state index contributed by atoms with van der Waals surface area (Å²) in [6.45, 7) is 0. The Morgan fingerprint density at radius 3 is 2.28 bits per heavy atom. The summed E-state index contributed by atoms with van der Waals surface area (Å²) >= 11 is 0. The average molecular weight is 402 g/mol. The van der Waals surface area contributed by atoms with Crippen LogP contribution in [0.4, 0.5) is 20.6 Å². The fourth-order valence-electron chi connectivity index (χ4n) is 2.25. The minimum atomic E-state index is -0.949. The van der Waals surface area contributed by atoms with Gasteiger partial charge in [0.25, 0.3) is 5.91 Å². The van der Waals surface area contributed by atoms with Gasteiger partial charge < -0.3 is 19.5 Å². The van der Waals surface area contributed by atoms with E-state index in [2.05, 4.69) is 15.4 Å². The molecular formula is C20H19FN2O6. The fraction of sp³-hybridized carbons (Fsp3) is 0.150. The second kappa shape index (κ2) is 9.88. The highest BCUT2D eigenvalue weighted by atomic mass is 19.1. The molecule has 0 aromatic heterocycles. The molecule has 0 atom stereocenters. The van der Waals surface area contributed by atoms with E-state index in [-0.39, 0.29) is 11.4 Å². The lowest BCUT2D eigenvalue weighted by Crippen LogP contribution is -2.21. The van der Waals surface area contributed by atoms with Gasteiger partial charge in [0.2, 0.25) is 5.78 Å². The lowest BCUT2D eigenvalue weighted by molar-refractivity contribution is -0.131. The van der Waals surface area contributed by atoms with Gasteiger partial charge >= 0.3 is 6.09 Å². The number of nitrogens with one attached hydrogen (secondary N) is 2. The summed E-state index contributed by atoms with van der Waals surface area (Å²) < 4.78 is 28.6. The Morgan fingerprint density at radius 1 is 0.931 bits per heavy atom. The minimum Gasteiger partial charge on any atom is -0.493 e. The summed E-state index contributed by atoms with van der Waals surface area (Å²) in [6.07, 6.45) is 1.68. The van der Waals surface area contributed by atoms with Crippen LogP contribution in [-0.4, -0.2) is 39.1 Å². The molecule has 2 aromatic rings. The van der Waals surface area contributed by atoms with Crippen LogP contribution in [0.25, 0.3) is 6.08 Å². The molecule has 2 rings (SSSR count). The van der Waals surface area contributed by atoms with Crippen molar-refractivity contribution in [2.45, 2.75) is 0 Å². The lowest BCUT2D eigenvalue weighted by Gasteiger charge is -2.08. The molecule has 0 unspecified atom stereocenters. The highest BCUT2D eigenvalue weighted by molar-refractivity contribution is 6.45. The van der Waals surface area contributed by atoms with Gasteiger partial charge in [-0.05, 0) is 42.0 Å². The number of hydrogen-bond acceptors (Lipinski definition) is 6. The van der Waals surface area contributed by atoms with Crippen LogP contribution in [0.5, 0.6) is 11.5 Å². The number of carbonyl (C=O) groups is 3. The molecule has 0 saturated carbocycles. The molecule has 0 bridgehead atoms. The highest BCUT2D eigenvalue weighted by Crippen LogP contribution is 2.28. The molecule has 0 fully saturated rings. The van der Waals surface area contributed by atoms with E-state index >= 15 is 0 Å². The number of halogens is 1. The van der Waals surface area contributed by atoms with E-state index in [4.69, 9.17) is 9.47 Å². The molecule has 0 saturated heterocycles. The summed E-state index contributed by atoms with van der Waals surface area (Å²) in [5.41, 5.74) is 0.540. The number of hydrogen-bond donors (Lipinski definition) is 2. The van der Waals surface area contributed by atoms with Crippen molar-refractivity contribution in [3.05, 3.63) is 53.9 Å². The van der Waals surface area contributed by atoms with Crippen molar-refractivity contribution >= 4 is 35.2 Å². The Kier molecular flexibility index (Phi) is 7.30. The van der Waals surface area contributed by atoms with E-state index < -0.39 is 23.6 Å². The van der Waals surface area contributed by atoms with Crippen LogP contribution in [-0.2, 0) is 14.3 Å². The first-order valence-corrected chi connectivity index (χ1v) is 8.28. The summed E-state index contributed by atoms with van der Waals surface area (Å²) in [4.78, 5) is 35.1. The Labute approximate surface area is 166 Å². The second-order valence-electron chi connectivity index (χ2n) is 5.58. The smallest absolute Gasteiger partial charge is 0.411 e. The van der Waals surface area contributed by atoms with E-state index in [0.29, 0.717) is 17.1 Å². The quantitative estimate of drug-likeness (QED) is 0.544. The predicted molar refractivity (Wildman–Crippen MR) is 105 cm³/mol. The van der Waals surface area contributed by atoms with E-state index in [1.807, 2.05) is 0 Å². The first-order valence-electron chi connectivity index (χ1n) is 8.28. The molecule has 152 valence electrons. The van der Waals surface area contributed by atoms with Crippen LogP contribution in [0.1, 0.15) is 5.56 Å². The largest absolute Gasteiger partial charge is 0.493 e. The van der Waals surface area contributed by atoms with E-state index in [1.54, 1.807) is 18.2 Å². The average Bonchev–Trinajstić information content (AvgIpc) is 2.73. The second-order valence-corrected chi connectivity index (χ2v) is 5.58. The third-order valence-corrected chi connectivity index (χ3v) is 3.71. The van der Waals surface area contributed by atoms with E-state index in [9.17, 15) is 18.8 Å². The zero-order valence-electron chi connectivity index (χ0n) is 15.9. The maximum Gasteiger partial charge on any atom is 0.411 e. The molecule has 9 heteroatoms. The maximum absolute atomic E-state index is 14.0. The first-order chi connectivity index (χ1) is 13.9. The van der Waals surface area contributed by atoms with Gasteiger partial charge in [-0.15, -0.1) is 0 Å². The van der Waals surface area contributed by atoms with Crippen LogP contribution < -0.4 is 20.1 Å². The van der Waals surface area contributed by atoms with Crippen molar-refractivity contribution in [2.24, 2.45) is 0 Å². The topological polar surface area (TPSA) is 103 Å². The molecule has 0 aliphatic heterocycles. The molecule has 2 N–H and O–H groups in total. The number of ketones is 1. The highest BCUT2D eigenvalue weighted by Gasteiger charge is 2.13. The molecular weight excluding hydrogens is 383 g/mol. The predicted octanol–water partition coefficient (Wildman–Crippen LogP) is 3.24. The summed E-state index contributed by atoms with van der Waals surface area (Å²) in [7, 11) is 4.13. The molecule has 0 radical (unpaired) electrons. The van der Waals surface area contributed by atoms with Gasteiger partial charge in [0.1, 0.15) is 5.82 Å². The zero-order valence-corrected chi connectivity index (χ0v) is 15.9. The molecule has 0 spiro atoms. The summed E-state index contributed by atoms with van der Waals surface area (Å²) in [5, 5.41) is 4.46. The summed E-state index contributed by atoms with van der Waals surface area (Å²) in [6, 6.07) is 8.52. The number of amides is 2. The van der Waals surface area contributed by atoms with Crippen molar-refractivity contribution in [2.75, 3.05) is 32.0 Å². The monoisotopic (exact) mass is 402 g/mol. The van der Waals surface area contributed by atoms with Gasteiger partial charge in [0.15, 0.2) is 11.5 Å². The first kappa shape index (κ1) is 21.4. The van der Waals surface area contributed by atoms with Crippen molar-refractivity contribution in [1.29, 1.82) is 0 Å². The van der Waals surface area contributed by atoms with E-state index in [1.165, 1.54) is 32.4 Å². The number of rotatable bonds is 7. The van der Waals surface area contributed by atoms with Crippen LogP contribution in [0.2, 0.25) is 0 Å². The number of anilines is 2. The van der Waals surface area contributed by atoms with Gasteiger partial charge in [-0.25, -0.2) is 9.18 Å². The van der Waals surface area contributed by atoms with Crippen molar-refractivity contribution in [3.63, 3.8) is 0 Å². The van der Waals surface area contributed by atoms with Gasteiger partial charge in [-0.1, -0.05) is 12.1 Å². The molecule has 2 amide bonds. The van der Waals surface area contributed by atoms with Gasteiger partial charge in [-0.2, -0.15) is 0 Å². The third-order valence-electron chi connectivity index (χ3n) is 3.71. The molecule has 0 aliphatic rings. The Bertz CT molecular complexity index is 958. The lowest BCUT2D eigenvalue weighted by atomic mass is 10.1. The number of methoxy groups -OCH3 is 3. The zero-order chi connectivity index (χ0) is 21.4. The number of ether oxygens (including phenoxy) is 3. The minimum absolute atomic E-state index is 0.0517. The van der Waals surface area contributed by atoms with Gasteiger partial charge in [0, 0.05) is 5.69 Å². The third kappa shape index (κ3) is 5.80. The summed E-state index contributed by atoms with van der Waals surface area (Å²) in [5.74, 6) is -1.59. The van der Waals surface area contributed by atoms with E-state index in [0.717, 1.165) is 19.3 Å². The Morgan fingerprint density at radius 2 is 1.66 bits per heavy atom. The SMILES string of the molecule is COC(=O)Nc1ccc(NC(=O)C(=O)/C=C/c2ccc(OC)c(OC)c2)cc1F. The van der Waals surface area contributed by atoms with Gasteiger partial charge in [0.05, 0.1) is 27.0 Å². The fourth-order valence-corrected chi connectivity index (χ4v) is 2.25. The molecule has 0 aliphatic carbocycles. The standard InChI is InChI=1S/C20H19FN2O6/c1-27-17-9-5-12(10-18(17)28-2)4-8-16(24)19(25)22-13-6-7-15(14(21)11-13)23-20(26)29-3/h4-11H,1-3H3,(H,22,25)(H,23,26)/b8-4+. The maximum atomic E-state index is 14.0. The van der Waals surface area contributed by atoms with Crippen molar-refractivity contribution in [3.8, 4) is 11.5 Å². The van der Waals surface area contributed by atoms with Crippen LogP contribution in [0.3, 0.4) is 0 Å². The number of benzene rings is 2. The Hall–Kier alpha value is -3.88. The normalized spacial score (nSPS) is 10.3. The number of carbonyl (C=O) groups excluding carboxylic acids is 3. The van der Waals surface area contributed by atoms with Crippen molar-refractivity contribution < 1.29 is 33.0 Å². The van der Waals surface area contributed by atoms with Crippen LogP contribution >= 0.6 is 0 Å². The molecule has 0 heterocycles. The molecule has 8 nitrogen and oxygen atoms in total. The van der Waals surface area contributed by atoms with Crippen LogP contribution in [0.15, 0.2) is 42.5 Å². The molecule has 2 aromatic carbocycles. The van der Waals surface area contributed by atoms with Crippen LogP contribution in [0, 0.1) is 5.82 Å². The molecule has 29 heavy (non-hydrogen) atoms. The Balaban J connectivity index is 2.03. The van der Waals surface area contributed by atoms with Crippen molar-refractivity contribution in [1.82, 2.24) is 0 Å².